The lowest BCUT2D eigenvalue weighted by atomic mass is 10.1. The van der Waals surface area contributed by atoms with Crippen LogP contribution < -0.4 is 4.43 Å². The summed E-state index contributed by atoms with van der Waals surface area (Å²) in [6, 6.07) is 4.76. The van der Waals surface area contributed by atoms with Crippen molar-refractivity contribution in [2.75, 3.05) is 0 Å². The lowest BCUT2D eigenvalue weighted by molar-refractivity contribution is -0.131. The summed E-state index contributed by atoms with van der Waals surface area (Å²) >= 11 is 0. The van der Waals surface area contributed by atoms with Gasteiger partial charge in [-0.3, -0.25) is 4.79 Å². The van der Waals surface area contributed by atoms with Gasteiger partial charge in [-0.25, -0.2) is 4.79 Å². The van der Waals surface area contributed by atoms with E-state index in [2.05, 4.69) is 33.9 Å². The molecule has 1 aromatic rings. The summed E-state index contributed by atoms with van der Waals surface area (Å²) in [7, 11) is -1.94. The van der Waals surface area contributed by atoms with Crippen LogP contribution in [0.25, 0.3) is 0 Å². The lowest BCUT2D eigenvalue weighted by Gasteiger charge is -2.37. The van der Waals surface area contributed by atoms with E-state index in [1.54, 1.807) is 12.1 Å². The van der Waals surface area contributed by atoms with Crippen molar-refractivity contribution < 1.29 is 19.1 Å². The second-order valence-electron chi connectivity index (χ2n) is 6.48. The highest BCUT2D eigenvalue weighted by Crippen LogP contribution is 2.38. The van der Waals surface area contributed by atoms with Crippen molar-refractivity contribution in [3.05, 3.63) is 29.3 Å². The third kappa shape index (κ3) is 3.48. The predicted octanol–water partition coefficient (Wildman–Crippen LogP) is 3.65. The number of aliphatic carboxylic acids is 1. The number of rotatable bonds is 4. The van der Waals surface area contributed by atoms with Crippen LogP contribution in [0, 0.1) is 6.92 Å². The molecule has 20 heavy (non-hydrogen) atoms. The maximum Gasteiger partial charge on any atom is 0.377 e. The summed E-state index contributed by atoms with van der Waals surface area (Å²) in [6.07, 6.45) is 0. The molecule has 0 bridgehead atoms. The fourth-order valence-corrected chi connectivity index (χ4v) is 2.54. The average molecular weight is 294 g/mol. The van der Waals surface area contributed by atoms with Gasteiger partial charge >= 0.3 is 5.97 Å². The first-order valence-corrected chi connectivity index (χ1v) is 9.44. The minimum Gasteiger partial charge on any atom is -0.543 e. The van der Waals surface area contributed by atoms with Gasteiger partial charge in [0.1, 0.15) is 5.75 Å². The minimum absolute atomic E-state index is 0.0784. The Labute approximate surface area is 120 Å². The van der Waals surface area contributed by atoms with Gasteiger partial charge in [0.2, 0.25) is 8.32 Å². The van der Waals surface area contributed by atoms with Gasteiger partial charge in [0.05, 0.1) is 0 Å². The van der Waals surface area contributed by atoms with Crippen LogP contribution in [0.15, 0.2) is 18.2 Å². The molecule has 0 aliphatic rings. The van der Waals surface area contributed by atoms with Crippen molar-refractivity contribution in [1.29, 1.82) is 0 Å². The molecule has 0 amide bonds. The molecule has 0 atom stereocenters. The first kappa shape index (κ1) is 16.4. The Morgan fingerprint density at radius 2 is 1.75 bits per heavy atom. The van der Waals surface area contributed by atoms with E-state index < -0.39 is 20.1 Å². The maximum absolute atomic E-state index is 11.4. The summed E-state index contributed by atoms with van der Waals surface area (Å²) in [5.74, 6) is -1.62. The molecule has 0 heterocycles. The molecule has 0 saturated heterocycles. The van der Waals surface area contributed by atoms with Crippen LogP contribution in [0.5, 0.6) is 5.75 Å². The normalized spacial score (nSPS) is 12.1. The Balaban J connectivity index is 3.07. The average Bonchev–Trinajstić information content (AvgIpc) is 2.29. The number of carboxylic acids is 1. The fourth-order valence-electron chi connectivity index (χ4n) is 1.46. The van der Waals surface area contributed by atoms with Crippen LogP contribution in [-0.2, 0) is 4.79 Å². The summed E-state index contributed by atoms with van der Waals surface area (Å²) in [5.41, 5.74) is 0.958. The number of benzene rings is 1. The van der Waals surface area contributed by atoms with Crippen LogP contribution in [-0.4, -0.2) is 25.2 Å². The molecule has 0 spiro atoms. The molecule has 1 rings (SSSR count). The van der Waals surface area contributed by atoms with E-state index in [1.807, 2.05) is 6.92 Å². The maximum atomic E-state index is 11.4. The zero-order chi connectivity index (χ0) is 15.7. The Morgan fingerprint density at radius 1 is 1.20 bits per heavy atom. The smallest absolute Gasteiger partial charge is 0.377 e. The first-order valence-electron chi connectivity index (χ1n) is 6.53. The Kier molecular flexibility index (Phi) is 4.44. The van der Waals surface area contributed by atoms with Crippen molar-refractivity contribution in [2.24, 2.45) is 0 Å². The van der Waals surface area contributed by atoms with Gasteiger partial charge in [0.25, 0.3) is 5.78 Å². The molecule has 5 heteroatoms. The first-order chi connectivity index (χ1) is 8.95. The molecule has 0 aliphatic carbocycles. The Morgan fingerprint density at radius 3 is 2.15 bits per heavy atom. The van der Waals surface area contributed by atoms with Gasteiger partial charge < -0.3 is 9.53 Å². The third-order valence-electron chi connectivity index (χ3n) is 3.80. The van der Waals surface area contributed by atoms with Gasteiger partial charge in [-0.2, -0.15) is 0 Å². The molecule has 0 aromatic heterocycles. The molecule has 1 N–H and O–H groups in total. The standard InChI is InChI=1S/C15H22O4Si/c1-10-9-11(13(16)14(17)18)7-8-12(10)19-20(5,6)15(2,3)4/h7-9H,1-6H3,(H,17,18). The molecule has 0 aliphatic heterocycles. The van der Waals surface area contributed by atoms with Crippen molar-refractivity contribution in [3.8, 4) is 5.75 Å². The highest BCUT2D eigenvalue weighted by molar-refractivity contribution is 6.74. The molecule has 0 unspecified atom stereocenters. The topological polar surface area (TPSA) is 63.6 Å². The molecule has 0 radical (unpaired) electrons. The third-order valence-corrected chi connectivity index (χ3v) is 8.15. The Hall–Kier alpha value is -1.62. The van der Waals surface area contributed by atoms with Crippen LogP contribution in [0.3, 0.4) is 0 Å². The fraction of sp³-hybridized carbons (Fsp3) is 0.467. The predicted molar refractivity (Wildman–Crippen MR) is 81.0 cm³/mol. The zero-order valence-electron chi connectivity index (χ0n) is 12.9. The second-order valence-corrected chi connectivity index (χ2v) is 11.2. The number of hydrogen-bond acceptors (Lipinski definition) is 3. The quantitative estimate of drug-likeness (QED) is 0.523. The zero-order valence-corrected chi connectivity index (χ0v) is 13.9. The van der Waals surface area contributed by atoms with E-state index in [9.17, 15) is 9.59 Å². The number of carbonyl (C=O) groups excluding carboxylic acids is 1. The van der Waals surface area contributed by atoms with Gasteiger partial charge in [0.15, 0.2) is 0 Å². The number of hydrogen-bond donors (Lipinski definition) is 1. The number of carboxylic acid groups (broad SMARTS) is 1. The molecular weight excluding hydrogens is 272 g/mol. The van der Waals surface area contributed by atoms with Crippen LogP contribution >= 0.6 is 0 Å². The molecule has 0 saturated carbocycles. The summed E-state index contributed by atoms with van der Waals surface area (Å²) in [6.45, 7) is 12.6. The van der Waals surface area contributed by atoms with Gasteiger partial charge in [-0.15, -0.1) is 0 Å². The van der Waals surface area contributed by atoms with Gasteiger partial charge in [0, 0.05) is 5.56 Å². The van der Waals surface area contributed by atoms with Crippen LogP contribution in [0.1, 0.15) is 36.7 Å². The second kappa shape index (κ2) is 5.40. The number of ketones is 1. The minimum atomic E-state index is -1.94. The summed E-state index contributed by atoms with van der Waals surface area (Å²) in [5, 5.41) is 8.79. The monoisotopic (exact) mass is 294 g/mol. The SMILES string of the molecule is Cc1cc(C(=O)C(=O)O)ccc1O[Si](C)(C)C(C)(C)C. The summed E-state index contributed by atoms with van der Waals surface area (Å²) < 4.78 is 6.17. The number of aryl methyl sites for hydroxylation is 1. The van der Waals surface area contributed by atoms with Crippen molar-refractivity contribution in [2.45, 2.75) is 45.8 Å². The molecule has 0 fully saturated rings. The molecular formula is C15H22O4Si. The highest BCUT2D eigenvalue weighted by Gasteiger charge is 2.39. The Bertz CT molecular complexity index is 541. The van der Waals surface area contributed by atoms with E-state index in [0.29, 0.717) is 0 Å². The van der Waals surface area contributed by atoms with Gasteiger partial charge in [-0.05, 0) is 48.8 Å². The van der Waals surface area contributed by atoms with E-state index >= 15 is 0 Å². The van der Waals surface area contributed by atoms with Crippen LogP contribution in [0.2, 0.25) is 18.1 Å². The number of Topliss-reactive ketones (excluding diaryl/α,β-unsaturated/α-hetero) is 1. The van der Waals surface area contributed by atoms with E-state index in [0.717, 1.165) is 11.3 Å². The largest absolute Gasteiger partial charge is 0.543 e. The molecule has 4 nitrogen and oxygen atoms in total. The van der Waals surface area contributed by atoms with Crippen molar-refractivity contribution in [3.63, 3.8) is 0 Å². The van der Waals surface area contributed by atoms with Gasteiger partial charge in [-0.1, -0.05) is 20.8 Å². The molecule has 110 valence electrons. The van der Waals surface area contributed by atoms with Crippen molar-refractivity contribution in [1.82, 2.24) is 0 Å². The van der Waals surface area contributed by atoms with E-state index in [4.69, 9.17) is 9.53 Å². The lowest BCUT2D eigenvalue weighted by Crippen LogP contribution is -2.44. The number of carbonyl (C=O) groups is 2. The summed E-state index contributed by atoms with van der Waals surface area (Å²) in [4.78, 5) is 22.1. The van der Waals surface area contributed by atoms with Crippen LogP contribution in [0.4, 0.5) is 0 Å². The van der Waals surface area contributed by atoms with E-state index in [-0.39, 0.29) is 10.6 Å². The van der Waals surface area contributed by atoms with Crippen molar-refractivity contribution >= 4 is 20.1 Å². The van der Waals surface area contributed by atoms with E-state index in [1.165, 1.54) is 6.07 Å². The highest BCUT2D eigenvalue weighted by atomic mass is 28.4. The molecule has 1 aromatic carbocycles.